The highest BCUT2D eigenvalue weighted by Crippen LogP contribution is 2.43. The molecule has 1 aliphatic carbocycles. The van der Waals surface area contributed by atoms with Crippen molar-refractivity contribution in [3.63, 3.8) is 0 Å². The molecule has 1 saturated heterocycles. The van der Waals surface area contributed by atoms with E-state index in [0.29, 0.717) is 29.7 Å². The summed E-state index contributed by atoms with van der Waals surface area (Å²) < 4.78 is 28.1. The second-order valence-electron chi connectivity index (χ2n) is 8.29. The van der Waals surface area contributed by atoms with Crippen LogP contribution < -0.4 is 5.32 Å². The first-order chi connectivity index (χ1) is 14.4. The highest BCUT2D eigenvalue weighted by atomic mass is 79.9. The van der Waals surface area contributed by atoms with Crippen molar-refractivity contribution >= 4 is 31.9 Å². The molecule has 2 fully saturated rings. The second-order valence-corrected chi connectivity index (χ2v) is 11.1. The fourth-order valence-corrected chi connectivity index (χ4v) is 6.37. The fraction of sp³-hybridized carbons (Fsp3) is 0.435. The molecule has 160 valence electrons. The molecular formula is C23H27BrN2O3S. The van der Waals surface area contributed by atoms with Gasteiger partial charge in [-0.3, -0.25) is 4.79 Å². The van der Waals surface area contributed by atoms with Crippen molar-refractivity contribution in [1.82, 2.24) is 9.62 Å². The van der Waals surface area contributed by atoms with E-state index >= 15 is 0 Å². The quantitative estimate of drug-likeness (QED) is 0.648. The van der Waals surface area contributed by atoms with Crippen molar-refractivity contribution in [2.45, 2.75) is 48.8 Å². The Labute approximate surface area is 187 Å². The molecule has 7 heteroatoms. The first kappa shape index (κ1) is 21.5. The monoisotopic (exact) mass is 490 g/mol. The van der Waals surface area contributed by atoms with Crippen LogP contribution in [0.25, 0.3) is 0 Å². The van der Waals surface area contributed by atoms with Gasteiger partial charge >= 0.3 is 0 Å². The number of nitrogens with zero attached hydrogens (tertiary/aromatic N) is 1. The topological polar surface area (TPSA) is 66.5 Å². The number of rotatable bonds is 6. The summed E-state index contributed by atoms with van der Waals surface area (Å²) in [5.41, 5.74) is 1.58. The lowest BCUT2D eigenvalue weighted by Gasteiger charge is -2.42. The Kier molecular flexibility index (Phi) is 6.32. The van der Waals surface area contributed by atoms with Crippen molar-refractivity contribution < 1.29 is 13.2 Å². The van der Waals surface area contributed by atoms with Crippen molar-refractivity contribution in [2.24, 2.45) is 0 Å². The first-order valence-corrected chi connectivity index (χ1v) is 12.8. The lowest BCUT2D eigenvalue weighted by molar-refractivity contribution is 0.0927. The molecule has 1 heterocycles. The number of benzene rings is 2. The first-order valence-electron chi connectivity index (χ1n) is 10.6. The summed E-state index contributed by atoms with van der Waals surface area (Å²) in [6, 6.07) is 15.0. The maximum absolute atomic E-state index is 13.0. The van der Waals surface area contributed by atoms with Crippen LogP contribution in [-0.2, 0) is 15.4 Å². The molecule has 1 N–H and O–H groups in total. The zero-order chi connectivity index (χ0) is 21.2. The average molecular weight is 491 g/mol. The summed E-state index contributed by atoms with van der Waals surface area (Å²) in [5, 5.41) is 3.06. The van der Waals surface area contributed by atoms with Gasteiger partial charge in [0, 0.05) is 29.5 Å². The minimum Gasteiger partial charge on any atom is -0.351 e. The Hall–Kier alpha value is -1.70. The van der Waals surface area contributed by atoms with E-state index in [2.05, 4.69) is 33.4 Å². The van der Waals surface area contributed by atoms with Gasteiger partial charge in [-0.1, -0.05) is 43.2 Å². The summed E-state index contributed by atoms with van der Waals surface area (Å²) in [5.74, 6) is -0.250. The van der Waals surface area contributed by atoms with Crippen LogP contribution in [0.15, 0.2) is 57.9 Å². The van der Waals surface area contributed by atoms with E-state index in [4.69, 9.17) is 0 Å². The number of hydrogen-bond donors (Lipinski definition) is 1. The Morgan fingerprint density at radius 2 is 1.70 bits per heavy atom. The number of carbonyl (C=O) groups is 1. The van der Waals surface area contributed by atoms with Gasteiger partial charge in [0.2, 0.25) is 10.0 Å². The summed E-state index contributed by atoms with van der Waals surface area (Å²) >= 11 is 3.42. The molecule has 1 amide bonds. The zero-order valence-corrected chi connectivity index (χ0v) is 19.3. The summed E-state index contributed by atoms with van der Waals surface area (Å²) in [6.07, 6.45) is 6.06. The molecule has 2 aromatic carbocycles. The highest BCUT2D eigenvalue weighted by Gasteiger charge is 2.39. The molecule has 2 aliphatic rings. The maximum Gasteiger partial charge on any atom is 0.252 e. The van der Waals surface area contributed by atoms with Gasteiger partial charge in [-0.25, -0.2) is 8.42 Å². The zero-order valence-electron chi connectivity index (χ0n) is 16.9. The normalized spacial score (nSPS) is 19.1. The molecule has 0 radical (unpaired) electrons. The minimum absolute atomic E-state index is 0.0269. The molecular weight excluding hydrogens is 464 g/mol. The summed E-state index contributed by atoms with van der Waals surface area (Å²) in [7, 11) is -3.58. The predicted molar refractivity (Wildman–Crippen MR) is 121 cm³/mol. The summed E-state index contributed by atoms with van der Waals surface area (Å²) in [4.78, 5) is 13.2. The van der Waals surface area contributed by atoms with Crippen LogP contribution in [0.5, 0.6) is 0 Å². The third kappa shape index (κ3) is 4.20. The van der Waals surface area contributed by atoms with Crippen LogP contribution in [-0.4, -0.2) is 38.3 Å². The number of carbonyl (C=O) groups excluding carboxylic acids is 1. The molecule has 4 rings (SSSR count). The smallest absolute Gasteiger partial charge is 0.252 e. The van der Waals surface area contributed by atoms with Crippen LogP contribution in [0.2, 0.25) is 0 Å². The number of halogens is 1. The van der Waals surface area contributed by atoms with Gasteiger partial charge < -0.3 is 5.32 Å². The number of piperidine rings is 1. The van der Waals surface area contributed by atoms with Gasteiger partial charge in [-0.15, -0.1) is 0 Å². The molecule has 1 saturated carbocycles. The molecule has 0 aromatic heterocycles. The average Bonchev–Trinajstić information content (AvgIpc) is 2.74. The van der Waals surface area contributed by atoms with Gasteiger partial charge in [0.25, 0.3) is 5.91 Å². The Morgan fingerprint density at radius 1 is 1.00 bits per heavy atom. The second kappa shape index (κ2) is 8.81. The molecule has 0 unspecified atom stereocenters. The number of hydrogen-bond acceptors (Lipinski definition) is 3. The highest BCUT2D eigenvalue weighted by molar-refractivity contribution is 9.10. The van der Waals surface area contributed by atoms with Crippen LogP contribution in [0.3, 0.4) is 0 Å². The molecule has 0 spiro atoms. The standard InChI is InChI=1S/C23H27BrN2O3S/c24-21-11-10-19(30(28,29)26-14-5-2-6-15-26)16-20(21)22(27)25-17-23(12-7-13-23)18-8-3-1-4-9-18/h1,3-4,8-11,16H,2,5-7,12-15,17H2,(H,25,27). The van der Waals surface area contributed by atoms with Crippen LogP contribution in [0.4, 0.5) is 0 Å². The Balaban J connectivity index is 1.52. The lowest BCUT2D eigenvalue weighted by atomic mass is 9.64. The van der Waals surface area contributed by atoms with E-state index in [9.17, 15) is 13.2 Å². The van der Waals surface area contributed by atoms with Crippen molar-refractivity contribution in [2.75, 3.05) is 19.6 Å². The van der Waals surface area contributed by atoms with Crippen LogP contribution in [0, 0.1) is 0 Å². The van der Waals surface area contributed by atoms with E-state index in [1.165, 1.54) is 15.9 Å². The fourth-order valence-electron chi connectivity index (χ4n) is 4.40. The molecule has 2 aromatic rings. The van der Waals surface area contributed by atoms with E-state index in [1.807, 2.05) is 18.2 Å². The van der Waals surface area contributed by atoms with Crippen molar-refractivity contribution in [3.8, 4) is 0 Å². The molecule has 5 nitrogen and oxygen atoms in total. The number of sulfonamides is 1. The minimum atomic E-state index is -3.58. The predicted octanol–water partition coefficient (Wildman–Crippen LogP) is 4.48. The van der Waals surface area contributed by atoms with E-state index < -0.39 is 10.0 Å². The molecule has 30 heavy (non-hydrogen) atoms. The van der Waals surface area contributed by atoms with E-state index in [0.717, 1.165) is 38.5 Å². The third-order valence-corrected chi connectivity index (χ3v) is 9.01. The molecule has 0 atom stereocenters. The third-order valence-electron chi connectivity index (χ3n) is 6.42. The SMILES string of the molecule is O=C(NCC1(c2ccccc2)CCC1)c1cc(S(=O)(=O)N2CCCCC2)ccc1Br. The molecule has 0 bridgehead atoms. The summed E-state index contributed by atoms with van der Waals surface area (Å²) in [6.45, 7) is 1.63. The van der Waals surface area contributed by atoms with Crippen molar-refractivity contribution in [3.05, 3.63) is 64.1 Å². The van der Waals surface area contributed by atoms with Crippen molar-refractivity contribution in [1.29, 1.82) is 0 Å². The van der Waals surface area contributed by atoms with Gasteiger partial charge in [0.05, 0.1) is 10.5 Å². The largest absolute Gasteiger partial charge is 0.351 e. The van der Waals surface area contributed by atoms with Crippen LogP contribution in [0.1, 0.15) is 54.4 Å². The van der Waals surface area contributed by atoms with Gasteiger partial charge in [0.15, 0.2) is 0 Å². The van der Waals surface area contributed by atoms with Gasteiger partial charge in [0.1, 0.15) is 0 Å². The van der Waals surface area contributed by atoms with Crippen LogP contribution >= 0.6 is 15.9 Å². The lowest BCUT2D eigenvalue weighted by Crippen LogP contribution is -2.45. The van der Waals surface area contributed by atoms with Gasteiger partial charge in [-0.2, -0.15) is 4.31 Å². The number of nitrogens with one attached hydrogen (secondary N) is 1. The molecule has 1 aliphatic heterocycles. The van der Waals surface area contributed by atoms with Gasteiger partial charge in [-0.05, 0) is 65.4 Å². The maximum atomic E-state index is 13.0. The number of amides is 1. The van der Waals surface area contributed by atoms with E-state index in [1.54, 1.807) is 12.1 Å². The van der Waals surface area contributed by atoms with E-state index in [-0.39, 0.29) is 16.2 Å². The Bertz CT molecular complexity index is 1010. The Morgan fingerprint density at radius 3 is 2.33 bits per heavy atom.